The van der Waals surface area contributed by atoms with Crippen molar-refractivity contribution in [1.82, 2.24) is 25.2 Å². The van der Waals surface area contributed by atoms with Crippen LogP contribution in [-0.2, 0) is 22.6 Å². The molecule has 2 aromatic heterocycles. The Kier molecular flexibility index (Phi) is 11.7. The summed E-state index contributed by atoms with van der Waals surface area (Å²) in [4.78, 5) is 39.6. The van der Waals surface area contributed by atoms with Gasteiger partial charge in [-0.3, -0.25) is 4.98 Å². The Morgan fingerprint density at radius 2 is 1.61 bits per heavy atom. The number of piperazine rings is 1. The average Bonchev–Trinajstić information content (AvgIpc) is 3.65. The Balaban J connectivity index is 0.000000307. The van der Waals surface area contributed by atoms with Crippen LogP contribution in [0.4, 0.5) is 37.8 Å². The third-order valence-electron chi connectivity index (χ3n) is 9.15. The normalized spacial score (nSPS) is 21.7. The minimum atomic E-state index is -5.08. The first kappa shape index (κ1) is 38.1. The number of hydrogen-bond donors (Lipinski definition) is 3. The zero-order valence-electron chi connectivity index (χ0n) is 27.3. The van der Waals surface area contributed by atoms with Crippen LogP contribution in [0.5, 0.6) is 6.01 Å². The van der Waals surface area contributed by atoms with Crippen molar-refractivity contribution in [1.29, 1.82) is 0 Å². The largest absolute Gasteiger partial charge is 0.490 e. The number of carbonyl (C=O) groups is 2. The second kappa shape index (κ2) is 15.6. The van der Waals surface area contributed by atoms with Gasteiger partial charge >= 0.3 is 30.3 Å². The minimum Gasteiger partial charge on any atom is -0.475 e. The van der Waals surface area contributed by atoms with Crippen molar-refractivity contribution in [3.8, 4) is 6.01 Å². The summed E-state index contributed by atoms with van der Waals surface area (Å²) >= 11 is 6.67. The number of aliphatic carboxylic acids is 2. The molecule has 3 aromatic rings. The van der Waals surface area contributed by atoms with Gasteiger partial charge in [-0.25, -0.2) is 9.59 Å². The molecule has 0 spiro atoms. The molecule has 19 heteroatoms. The molecule has 6 heterocycles. The molecule has 3 N–H and O–H groups in total. The van der Waals surface area contributed by atoms with E-state index < -0.39 is 24.3 Å². The lowest BCUT2D eigenvalue weighted by Crippen LogP contribution is -2.52. The summed E-state index contributed by atoms with van der Waals surface area (Å²) in [6.07, 6.45) is -0.589. The van der Waals surface area contributed by atoms with Crippen molar-refractivity contribution in [2.24, 2.45) is 0 Å². The van der Waals surface area contributed by atoms with Gasteiger partial charge < -0.3 is 35.0 Å². The van der Waals surface area contributed by atoms with Crippen LogP contribution in [0.15, 0.2) is 30.6 Å². The molecule has 7 rings (SSSR count). The number of likely N-dealkylation sites (N-methyl/N-ethyl adjacent to an activating group) is 1. The number of carboxylic acids is 2. The van der Waals surface area contributed by atoms with E-state index in [-0.39, 0.29) is 0 Å². The standard InChI is InChI=1S/C28H34ClN7O.2C2HF3O2/c1-34-10-3-5-21(34)17-37-28-32-24-16-35(25-13-30-12-18-4-2-6-23(29)26(18)25)11-9-22(24)27(33-28)36-14-19-7-8-20(15-36)31-19;2*3-2(4,5)1(6)7/h2,4,6,12-13,19-21,31H,3,5,7-11,14-17H2,1H3;2*(H,6,7)/t19-,20+,21-;;/m0../s1. The maximum Gasteiger partial charge on any atom is 0.490 e. The molecule has 278 valence electrons. The molecule has 3 saturated heterocycles. The van der Waals surface area contributed by atoms with Gasteiger partial charge in [-0.15, -0.1) is 0 Å². The van der Waals surface area contributed by atoms with Crippen molar-refractivity contribution in [3.63, 3.8) is 0 Å². The number of likely N-dealkylation sites (tertiary alicyclic amines) is 1. The zero-order chi connectivity index (χ0) is 37.1. The number of nitrogens with zero attached hydrogens (tertiary/aromatic N) is 6. The predicted molar refractivity (Wildman–Crippen MR) is 174 cm³/mol. The second-order valence-corrected chi connectivity index (χ2v) is 13.1. The van der Waals surface area contributed by atoms with Gasteiger partial charge in [-0.1, -0.05) is 23.7 Å². The minimum absolute atomic E-state index is 0.429. The summed E-state index contributed by atoms with van der Waals surface area (Å²) < 4.78 is 69.8. The molecule has 0 saturated carbocycles. The number of pyridine rings is 1. The summed E-state index contributed by atoms with van der Waals surface area (Å²) in [5.74, 6) is -4.44. The van der Waals surface area contributed by atoms with Crippen LogP contribution < -0.4 is 19.9 Å². The van der Waals surface area contributed by atoms with E-state index in [4.69, 9.17) is 46.1 Å². The molecule has 0 radical (unpaired) electrons. The van der Waals surface area contributed by atoms with E-state index in [2.05, 4.69) is 38.1 Å². The Hall–Kier alpha value is -4.16. The number of alkyl halides is 6. The molecule has 0 unspecified atom stereocenters. The molecule has 3 fully saturated rings. The lowest BCUT2D eigenvalue weighted by Gasteiger charge is -2.37. The average molecular weight is 748 g/mol. The predicted octanol–water partition coefficient (Wildman–Crippen LogP) is 4.92. The third-order valence-corrected chi connectivity index (χ3v) is 9.47. The number of halogens is 7. The van der Waals surface area contributed by atoms with E-state index in [1.165, 1.54) is 24.8 Å². The highest BCUT2D eigenvalue weighted by atomic mass is 35.5. The Labute approximate surface area is 293 Å². The molecule has 4 aliphatic rings. The Morgan fingerprint density at radius 1 is 0.961 bits per heavy atom. The van der Waals surface area contributed by atoms with Gasteiger partial charge in [0.25, 0.3) is 0 Å². The molecule has 0 amide bonds. The number of benzene rings is 1. The highest BCUT2D eigenvalue weighted by Crippen LogP contribution is 2.37. The first-order chi connectivity index (χ1) is 24.0. The van der Waals surface area contributed by atoms with Gasteiger partial charge in [-0.05, 0) is 51.8 Å². The smallest absolute Gasteiger partial charge is 0.475 e. The topological polar surface area (TPSA) is 144 Å². The van der Waals surface area contributed by atoms with Crippen molar-refractivity contribution in [3.05, 3.63) is 46.9 Å². The Morgan fingerprint density at radius 3 is 2.20 bits per heavy atom. The summed E-state index contributed by atoms with van der Waals surface area (Å²) in [6, 6.07) is 8.04. The van der Waals surface area contributed by atoms with E-state index in [1.54, 1.807) is 0 Å². The number of nitrogens with one attached hydrogen (secondary N) is 1. The fourth-order valence-corrected chi connectivity index (χ4v) is 6.94. The number of aromatic nitrogens is 3. The van der Waals surface area contributed by atoms with E-state index >= 15 is 0 Å². The number of fused-ring (bicyclic) bond motifs is 4. The number of anilines is 2. The van der Waals surface area contributed by atoms with Gasteiger partial charge in [0.2, 0.25) is 0 Å². The van der Waals surface area contributed by atoms with Crippen molar-refractivity contribution in [2.45, 2.75) is 69.1 Å². The van der Waals surface area contributed by atoms with Crippen molar-refractivity contribution < 1.29 is 50.9 Å². The number of ether oxygens (including phenoxy) is 1. The lowest BCUT2D eigenvalue weighted by atomic mass is 10.0. The van der Waals surface area contributed by atoms with Crippen LogP contribution in [0.2, 0.25) is 5.02 Å². The van der Waals surface area contributed by atoms with Gasteiger partial charge in [0, 0.05) is 60.3 Å². The van der Waals surface area contributed by atoms with Gasteiger partial charge in [0.05, 0.1) is 29.1 Å². The Bertz CT molecular complexity index is 1690. The van der Waals surface area contributed by atoms with E-state index in [0.29, 0.717) is 37.3 Å². The van der Waals surface area contributed by atoms with E-state index in [0.717, 1.165) is 72.0 Å². The quantitative estimate of drug-likeness (QED) is 0.305. The lowest BCUT2D eigenvalue weighted by molar-refractivity contribution is -0.193. The molecule has 3 atom stereocenters. The zero-order valence-corrected chi connectivity index (χ0v) is 28.1. The highest BCUT2D eigenvalue weighted by molar-refractivity contribution is 6.36. The highest BCUT2D eigenvalue weighted by Gasteiger charge is 2.39. The van der Waals surface area contributed by atoms with Crippen molar-refractivity contribution >= 4 is 45.8 Å². The fraction of sp³-hybridized carbons (Fsp3) is 0.531. The third kappa shape index (κ3) is 9.39. The maximum atomic E-state index is 10.6. The van der Waals surface area contributed by atoms with E-state index in [1.807, 2.05) is 24.5 Å². The van der Waals surface area contributed by atoms with Crippen molar-refractivity contribution in [2.75, 3.05) is 49.6 Å². The molecular weight excluding hydrogens is 712 g/mol. The first-order valence-corrected chi connectivity index (χ1v) is 16.5. The molecule has 2 bridgehead atoms. The summed E-state index contributed by atoms with van der Waals surface area (Å²) in [7, 11) is 2.18. The number of hydrogen-bond acceptors (Lipinski definition) is 10. The summed E-state index contributed by atoms with van der Waals surface area (Å²) in [5.41, 5.74) is 3.38. The molecular formula is C32H36ClF6N7O5. The molecule has 4 aliphatic heterocycles. The fourth-order valence-electron chi connectivity index (χ4n) is 6.66. The SMILES string of the molecule is CN1CCC[C@H]1COc1nc2c(c(N3C[C@H]4CC[C@@H](C3)N4)n1)CCN(c1cncc3cccc(Cl)c13)C2.O=C(O)C(F)(F)F.O=C(O)C(F)(F)F. The molecule has 1 aromatic carbocycles. The monoisotopic (exact) mass is 747 g/mol. The van der Waals surface area contributed by atoms with Crippen LogP contribution in [0.1, 0.15) is 36.9 Å². The van der Waals surface area contributed by atoms with Gasteiger partial charge in [0.15, 0.2) is 0 Å². The number of rotatable bonds is 5. The molecule has 12 nitrogen and oxygen atoms in total. The van der Waals surface area contributed by atoms with Crippen LogP contribution in [0.25, 0.3) is 10.8 Å². The second-order valence-electron chi connectivity index (χ2n) is 12.7. The summed E-state index contributed by atoms with van der Waals surface area (Å²) in [5, 5.41) is 20.9. The molecule has 0 aliphatic carbocycles. The van der Waals surface area contributed by atoms with Crippen LogP contribution in [0.3, 0.4) is 0 Å². The van der Waals surface area contributed by atoms with Crippen LogP contribution in [-0.4, -0.2) is 112 Å². The molecule has 51 heavy (non-hydrogen) atoms. The van der Waals surface area contributed by atoms with Gasteiger partial charge in [0.1, 0.15) is 12.4 Å². The maximum absolute atomic E-state index is 10.6. The number of carboxylic acid groups (broad SMARTS) is 2. The summed E-state index contributed by atoms with van der Waals surface area (Å²) in [6.45, 7) is 5.32. The first-order valence-electron chi connectivity index (χ1n) is 16.1. The van der Waals surface area contributed by atoms with Crippen LogP contribution in [0, 0.1) is 0 Å². The van der Waals surface area contributed by atoms with E-state index in [9.17, 15) is 26.3 Å². The van der Waals surface area contributed by atoms with Crippen LogP contribution >= 0.6 is 11.6 Å². The van der Waals surface area contributed by atoms with Gasteiger partial charge in [-0.2, -0.15) is 36.3 Å².